The van der Waals surface area contributed by atoms with Crippen LogP contribution in [0.1, 0.15) is 24.5 Å². The lowest BCUT2D eigenvalue weighted by Crippen LogP contribution is -2.21. The number of nitrogens with zero attached hydrogens (tertiary/aromatic N) is 1. The van der Waals surface area contributed by atoms with Crippen LogP contribution < -0.4 is 10.5 Å². The number of para-hydroxylation sites is 1. The first-order valence-corrected chi connectivity index (χ1v) is 7.14. The molecule has 2 rings (SSSR count). The Bertz CT molecular complexity index is 513. The molecule has 0 fully saturated rings. The van der Waals surface area contributed by atoms with Crippen molar-refractivity contribution in [3.05, 3.63) is 59.9 Å². The quantitative estimate of drug-likeness (QED) is 0.841. The third kappa shape index (κ3) is 4.35. The Kier molecular flexibility index (Phi) is 5.56. The minimum atomic E-state index is 0.194. The molecule has 0 aliphatic rings. The van der Waals surface area contributed by atoms with E-state index in [4.69, 9.17) is 10.5 Å². The van der Waals surface area contributed by atoms with E-state index in [2.05, 4.69) is 18.0 Å². The van der Waals surface area contributed by atoms with Crippen LogP contribution in [-0.2, 0) is 12.8 Å². The van der Waals surface area contributed by atoms with Crippen LogP contribution in [0, 0.1) is 0 Å². The lowest BCUT2D eigenvalue weighted by atomic mass is 10.0. The highest BCUT2D eigenvalue weighted by Gasteiger charge is 2.07. The Morgan fingerprint density at radius 2 is 1.90 bits per heavy atom. The normalized spacial score (nSPS) is 12.1. The van der Waals surface area contributed by atoms with Gasteiger partial charge < -0.3 is 10.5 Å². The summed E-state index contributed by atoms with van der Waals surface area (Å²) >= 11 is 0. The predicted octanol–water partition coefficient (Wildman–Crippen LogP) is 2.98. The van der Waals surface area contributed by atoms with Crippen LogP contribution in [0.3, 0.4) is 0 Å². The van der Waals surface area contributed by atoms with Crippen LogP contribution in [-0.4, -0.2) is 17.6 Å². The van der Waals surface area contributed by atoms with E-state index in [9.17, 15) is 0 Å². The molecule has 0 amide bonds. The molecule has 0 saturated carbocycles. The van der Waals surface area contributed by atoms with Crippen molar-refractivity contribution in [2.24, 2.45) is 5.73 Å². The summed E-state index contributed by atoms with van der Waals surface area (Å²) in [6, 6.07) is 12.4. The summed E-state index contributed by atoms with van der Waals surface area (Å²) in [6.07, 6.45) is 6.34. The molecule has 0 aliphatic heterocycles. The Labute approximate surface area is 120 Å². The van der Waals surface area contributed by atoms with Crippen molar-refractivity contribution < 1.29 is 4.74 Å². The molecule has 0 saturated heterocycles. The van der Waals surface area contributed by atoms with Crippen LogP contribution in [0.4, 0.5) is 0 Å². The lowest BCUT2D eigenvalue weighted by molar-refractivity contribution is 0.317. The van der Waals surface area contributed by atoms with E-state index in [0.29, 0.717) is 6.61 Å². The van der Waals surface area contributed by atoms with Crippen molar-refractivity contribution in [3.63, 3.8) is 0 Å². The van der Waals surface area contributed by atoms with Gasteiger partial charge in [-0.05, 0) is 42.2 Å². The summed E-state index contributed by atoms with van der Waals surface area (Å²) < 4.78 is 5.91. The van der Waals surface area contributed by atoms with E-state index in [1.54, 1.807) is 0 Å². The highest BCUT2D eigenvalue weighted by atomic mass is 16.5. The summed E-state index contributed by atoms with van der Waals surface area (Å²) in [5.41, 5.74) is 8.46. The number of aromatic nitrogens is 1. The largest absolute Gasteiger partial charge is 0.493 e. The van der Waals surface area contributed by atoms with Crippen LogP contribution >= 0.6 is 0 Å². The molecule has 0 radical (unpaired) electrons. The number of ether oxygens (including phenoxy) is 1. The number of hydrogen-bond acceptors (Lipinski definition) is 3. The predicted molar refractivity (Wildman–Crippen MR) is 81.8 cm³/mol. The molecule has 2 N–H and O–H groups in total. The zero-order chi connectivity index (χ0) is 14.2. The molecule has 106 valence electrons. The van der Waals surface area contributed by atoms with Gasteiger partial charge in [-0.15, -0.1) is 0 Å². The topological polar surface area (TPSA) is 48.1 Å². The van der Waals surface area contributed by atoms with Crippen molar-refractivity contribution in [2.75, 3.05) is 6.61 Å². The molecule has 1 heterocycles. The van der Waals surface area contributed by atoms with Crippen molar-refractivity contribution >= 4 is 0 Å². The molecular weight excluding hydrogens is 248 g/mol. The molecule has 0 bridgehead atoms. The number of benzene rings is 1. The van der Waals surface area contributed by atoms with E-state index in [0.717, 1.165) is 25.0 Å². The van der Waals surface area contributed by atoms with Gasteiger partial charge in [0.1, 0.15) is 5.75 Å². The van der Waals surface area contributed by atoms with E-state index < -0.39 is 0 Å². The van der Waals surface area contributed by atoms with E-state index >= 15 is 0 Å². The van der Waals surface area contributed by atoms with Gasteiger partial charge in [0, 0.05) is 24.9 Å². The first-order chi connectivity index (χ1) is 9.79. The second-order valence-electron chi connectivity index (χ2n) is 4.93. The smallest absolute Gasteiger partial charge is 0.122 e. The number of rotatable bonds is 7. The molecular formula is C17H22N2O. The maximum Gasteiger partial charge on any atom is 0.122 e. The standard InChI is InChI=1S/C17H22N2O/c1-2-16(18)13-15-5-3-4-6-17(15)20-12-9-14-7-10-19-11-8-14/h3-8,10-11,16H,2,9,12-13,18H2,1H3. The van der Waals surface area contributed by atoms with Gasteiger partial charge in [-0.1, -0.05) is 25.1 Å². The van der Waals surface area contributed by atoms with Crippen LogP contribution in [0.5, 0.6) is 5.75 Å². The molecule has 1 atom stereocenters. The second-order valence-corrected chi connectivity index (χ2v) is 4.93. The molecule has 1 unspecified atom stereocenters. The fraction of sp³-hybridized carbons (Fsp3) is 0.353. The lowest BCUT2D eigenvalue weighted by Gasteiger charge is -2.14. The molecule has 2 aromatic rings. The number of nitrogens with two attached hydrogens (primary N) is 1. The minimum Gasteiger partial charge on any atom is -0.493 e. The third-order valence-electron chi connectivity index (χ3n) is 3.38. The third-order valence-corrected chi connectivity index (χ3v) is 3.38. The minimum absolute atomic E-state index is 0.194. The highest BCUT2D eigenvalue weighted by molar-refractivity contribution is 5.34. The molecule has 0 spiro atoms. The van der Waals surface area contributed by atoms with Crippen LogP contribution in [0.15, 0.2) is 48.8 Å². The molecule has 3 nitrogen and oxygen atoms in total. The van der Waals surface area contributed by atoms with Crippen molar-refractivity contribution in [1.29, 1.82) is 0 Å². The fourth-order valence-electron chi connectivity index (χ4n) is 2.07. The summed E-state index contributed by atoms with van der Waals surface area (Å²) in [5.74, 6) is 0.949. The summed E-state index contributed by atoms with van der Waals surface area (Å²) in [6.45, 7) is 2.78. The van der Waals surface area contributed by atoms with Crippen molar-refractivity contribution in [2.45, 2.75) is 32.2 Å². The molecule has 3 heteroatoms. The van der Waals surface area contributed by atoms with Crippen molar-refractivity contribution in [3.8, 4) is 5.75 Å². The Balaban J connectivity index is 1.92. The Hall–Kier alpha value is -1.87. The second kappa shape index (κ2) is 7.65. The zero-order valence-electron chi connectivity index (χ0n) is 12.0. The first-order valence-electron chi connectivity index (χ1n) is 7.14. The van der Waals surface area contributed by atoms with Crippen LogP contribution in [0.2, 0.25) is 0 Å². The van der Waals surface area contributed by atoms with Crippen LogP contribution in [0.25, 0.3) is 0 Å². The van der Waals surface area contributed by atoms with Gasteiger partial charge in [-0.25, -0.2) is 0 Å². The maximum absolute atomic E-state index is 6.03. The van der Waals surface area contributed by atoms with Gasteiger partial charge in [0.25, 0.3) is 0 Å². The molecule has 1 aromatic heterocycles. The summed E-state index contributed by atoms with van der Waals surface area (Å²) in [5, 5.41) is 0. The maximum atomic E-state index is 6.03. The fourth-order valence-corrected chi connectivity index (χ4v) is 2.07. The Morgan fingerprint density at radius 1 is 1.15 bits per heavy atom. The first kappa shape index (κ1) is 14.5. The number of hydrogen-bond donors (Lipinski definition) is 1. The van der Waals surface area contributed by atoms with E-state index in [-0.39, 0.29) is 6.04 Å². The monoisotopic (exact) mass is 270 g/mol. The average Bonchev–Trinajstić information content (AvgIpc) is 2.50. The van der Waals surface area contributed by atoms with Crippen molar-refractivity contribution in [1.82, 2.24) is 4.98 Å². The molecule has 0 aliphatic carbocycles. The SMILES string of the molecule is CCC(N)Cc1ccccc1OCCc1ccncc1. The molecule has 20 heavy (non-hydrogen) atoms. The van der Waals surface area contributed by atoms with Gasteiger partial charge in [0.05, 0.1) is 6.61 Å². The van der Waals surface area contributed by atoms with E-state index in [1.165, 1.54) is 11.1 Å². The van der Waals surface area contributed by atoms with Gasteiger partial charge in [0.2, 0.25) is 0 Å². The highest BCUT2D eigenvalue weighted by Crippen LogP contribution is 2.20. The summed E-state index contributed by atoms with van der Waals surface area (Å²) in [4.78, 5) is 4.01. The van der Waals surface area contributed by atoms with E-state index in [1.807, 2.05) is 42.7 Å². The van der Waals surface area contributed by atoms with Gasteiger partial charge >= 0.3 is 0 Å². The van der Waals surface area contributed by atoms with Gasteiger partial charge in [-0.2, -0.15) is 0 Å². The zero-order valence-corrected chi connectivity index (χ0v) is 12.0. The molecule has 1 aromatic carbocycles. The Morgan fingerprint density at radius 3 is 2.65 bits per heavy atom. The summed E-state index contributed by atoms with van der Waals surface area (Å²) in [7, 11) is 0. The van der Waals surface area contributed by atoms with Gasteiger partial charge in [-0.3, -0.25) is 4.98 Å². The average molecular weight is 270 g/mol. The number of pyridine rings is 1. The van der Waals surface area contributed by atoms with Gasteiger partial charge in [0.15, 0.2) is 0 Å².